The summed E-state index contributed by atoms with van der Waals surface area (Å²) in [5.41, 5.74) is -4.72. The summed E-state index contributed by atoms with van der Waals surface area (Å²) in [5, 5.41) is 5.23. The number of ether oxygens (including phenoxy) is 4. The first kappa shape index (κ1) is 42.9. The van der Waals surface area contributed by atoms with Crippen LogP contribution in [0.4, 0.5) is 87.8 Å². The van der Waals surface area contributed by atoms with Crippen molar-refractivity contribution in [2.45, 2.75) is 59.3 Å². The monoisotopic (exact) mass is 798 g/mol. The average molecular weight is 799 g/mol. The molecule has 2 N–H and O–H groups in total. The molecule has 0 amide bonds. The fraction of sp³-hybridized carbons (Fsp3) is 0.556. The van der Waals surface area contributed by atoms with Gasteiger partial charge in [0.25, 0.3) is 0 Å². The lowest BCUT2D eigenvalue weighted by Gasteiger charge is -2.34. The molecule has 1 rings (SSSR count). The number of hydrogen-bond acceptors (Lipinski definition) is 6. The average Bonchev–Trinajstić information content (AvgIpc) is 2.80. The predicted octanol–water partition coefficient (Wildman–Crippen LogP) is 8.36. The second-order valence-corrected chi connectivity index (χ2v) is 9.08. The summed E-state index contributed by atoms with van der Waals surface area (Å²) in [4.78, 5) is 22.8. The number of carboxylic acid groups (broad SMARTS) is 2. The third-order valence-corrected chi connectivity index (χ3v) is 5.25. The number of carboxylic acids is 2. The Morgan fingerprint density at radius 3 is 0.896 bits per heavy atom. The van der Waals surface area contributed by atoms with Crippen molar-refractivity contribution in [2.24, 2.45) is 0 Å². The molecule has 30 heteroatoms. The normalized spacial score (nSPS) is 17.0. The van der Waals surface area contributed by atoms with Crippen LogP contribution in [0, 0.1) is 0 Å². The number of halogens is 22. The third-order valence-electron chi connectivity index (χ3n) is 4.65. The molecule has 2 atom stereocenters. The molecule has 0 aliphatic rings. The zero-order chi connectivity index (χ0) is 38.7. The Balaban J connectivity index is 3.69. The minimum Gasteiger partial charge on any atom is -0.478 e. The van der Waals surface area contributed by atoms with Crippen LogP contribution in [-0.4, -0.2) is 81.4 Å². The molecule has 8 nitrogen and oxygen atoms in total. The fourth-order valence-electron chi connectivity index (χ4n) is 2.36. The molecule has 0 aliphatic carbocycles. The van der Waals surface area contributed by atoms with Crippen molar-refractivity contribution in [3.05, 3.63) is 23.3 Å². The molecule has 0 aliphatic heterocycles. The molecule has 1 aromatic carbocycles. The molecule has 48 heavy (non-hydrogen) atoms. The Kier molecular flexibility index (Phi) is 11.0. The Bertz CT molecular complexity index is 1290. The van der Waals surface area contributed by atoms with E-state index in [-0.39, 0.29) is 0 Å². The lowest BCUT2D eigenvalue weighted by molar-refractivity contribution is -0.470. The lowest BCUT2D eigenvalue weighted by Crippen LogP contribution is -2.59. The van der Waals surface area contributed by atoms with Gasteiger partial charge in [-0.05, 0) is 35.3 Å². The van der Waals surface area contributed by atoms with Crippen LogP contribution in [-0.2, 0) is 9.47 Å². The van der Waals surface area contributed by atoms with E-state index in [1.165, 1.54) is 0 Å². The van der Waals surface area contributed by atoms with Gasteiger partial charge in [-0.15, -0.1) is 0 Å². The Morgan fingerprint density at radius 1 is 0.479 bits per heavy atom. The first-order chi connectivity index (χ1) is 20.7. The van der Waals surface area contributed by atoms with Gasteiger partial charge in [0, 0.05) is 0 Å². The van der Waals surface area contributed by atoms with Crippen molar-refractivity contribution >= 4 is 35.1 Å². The largest absolute Gasteiger partial charge is 0.478 e. The van der Waals surface area contributed by atoms with Crippen LogP contribution in [0.2, 0.25) is 0 Å². The molecule has 2 unspecified atom stereocenters. The molecule has 1 aromatic rings. The first-order valence-electron chi connectivity index (χ1n) is 10.3. The van der Waals surface area contributed by atoms with Gasteiger partial charge < -0.3 is 19.7 Å². The maximum Gasteiger partial charge on any atom is 0.476 e. The van der Waals surface area contributed by atoms with Gasteiger partial charge in [-0.2, -0.15) is 87.8 Å². The van der Waals surface area contributed by atoms with E-state index in [0.29, 0.717) is 0 Å². The van der Waals surface area contributed by atoms with Crippen molar-refractivity contribution in [2.75, 3.05) is 0 Å². The van der Waals surface area contributed by atoms with Crippen LogP contribution in [0.3, 0.4) is 0 Å². The topological polar surface area (TPSA) is 112 Å². The summed E-state index contributed by atoms with van der Waals surface area (Å²) in [7, 11) is 0. The van der Waals surface area contributed by atoms with Gasteiger partial charge in [0.1, 0.15) is 22.6 Å². The van der Waals surface area contributed by atoms with E-state index in [2.05, 4.69) is 32.7 Å². The van der Waals surface area contributed by atoms with E-state index < -0.39 is 106 Å². The Hall–Kier alpha value is -3.14. The molecular formula is C18H4Cl2F20O8. The van der Waals surface area contributed by atoms with Gasteiger partial charge in [-0.3, -0.25) is 9.47 Å². The standard InChI is InChI=1S/C18H4Cl2F20O8/c19-11(25,47-15(33,34)9(21,22)13(27,28)29)17(37,38)45-5-1-3(7(41)42)6(2-4(5)8(43)44)46-18(39,40)12(20,26)48-16(35,36)10(23,24)14(30,31)32/h1-2H,(H,41,42)(H,43,44). The van der Waals surface area contributed by atoms with Crippen molar-refractivity contribution in [3.63, 3.8) is 0 Å². The summed E-state index contributed by atoms with van der Waals surface area (Å²) < 4.78 is 274. The SMILES string of the molecule is O=C(O)c1cc(OC(F)(F)C(F)(Cl)OC(F)(F)C(F)(F)C(F)(F)F)c(C(=O)O)cc1OC(F)(F)C(F)(Cl)OC(F)(F)C(F)(F)C(F)(F)F. The first-order valence-corrected chi connectivity index (χ1v) is 11.1. The molecule has 0 spiro atoms. The molecular weight excluding hydrogens is 795 g/mol. The van der Waals surface area contributed by atoms with Gasteiger partial charge >= 0.3 is 71.2 Å². The highest BCUT2D eigenvalue weighted by Crippen LogP contribution is 2.54. The summed E-state index contributed by atoms with van der Waals surface area (Å²) >= 11 is 8.29. The summed E-state index contributed by atoms with van der Waals surface area (Å²) in [6, 6.07) is -1.80. The fourth-order valence-corrected chi connectivity index (χ4v) is 2.63. The highest BCUT2D eigenvalue weighted by Gasteiger charge is 2.80. The van der Waals surface area contributed by atoms with E-state index in [9.17, 15) is 97.4 Å². The molecule has 0 aromatic heterocycles. The van der Waals surface area contributed by atoms with Crippen LogP contribution in [0.25, 0.3) is 0 Å². The predicted molar refractivity (Wildman–Crippen MR) is 105 cm³/mol. The smallest absolute Gasteiger partial charge is 0.476 e. The third kappa shape index (κ3) is 8.01. The highest BCUT2D eigenvalue weighted by molar-refractivity contribution is 6.22. The van der Waals surface area contributed by atoms with Crippen LogP contribution in [0.15, 0.2) is 12.1 Å². The van der Waals surface area contributed by atoms with E-state index in [1.54, 1.807) is 0 Å². The zero-order valence-corrected chi connectivity index (χ0v) is 22.3. The number of carbonyl (C=O) groups is 2. The molecule has 0 radical (unpaired) electrons. The maximum atomic E-state index is 14.2. The minimum absolute atomic E-state index is 0.901. The molecule has 0 fully saturated rings. The molecule has 0 bridgehead atoms. The Labute approximate surface area is 256 Å². The van der Waals surface area contributed by atoms with Gasteiger partial charge in [-0.1, -0.05) is 0 Å². The molecule has 0 saturated heterocycles. The van der Waals surface area contributed by atoms with E-state index >= 15 is 0 Å². The Morgan fingerprint density at radius 2 is 0.708 bits per heavy atom. The van der Waals surface area contributed by atoms with E-state index in [4.69, 9.17) is 10.2 Å². The van der Waals surface area contributed by atoms with Crippen molar-refractivity contribution in [1.82, 2.24) is 0 Å². The summed E-state index contributed by atoms with van der Waals surface area (Å²) in [6.07, 6.45) is -42.8. The maximum absolute atomic E-state index is 14.2. The number of rotatable bonds is 14. The van der Waals surface area contributed by atoms with Crippen LogP contribution >= 0.6 is 23.2 Å². The number of hydrogen-bond donors (Lipinski definition) is 2. The lowest BCUT2D eigenvalue weighted by atomic mass is 10.1. The second-order valence-electron chi connectivity index (χ2n) is 8.11. The van der Waals surface area contributed by atoms with E-state index in [0.717, 1.165) is 0 Å². The number of aromatic carboxylic acids is 2. The zero-order valence-electron chi connectivity index (χ0n) is 20.8. The van der Waals surface area contributed by atoms with Crippen molar-refractivity contribution in [3.8, 4) is 11.5 Å². The van der Waals surface area contributed by atoms with Gasteiger partial charge in [-0.25, -0.2) is 9.59 Å². The van der Waals surface area contributed by atoms with Gasteiger partial charge in [0.15, 0.2) is 0 Å². The van der Waals surface area contributed by atoms with Gasteiger partial charge in [0.05, 0.1) is 0 Å². The number of alkyl halides is 22. The van der Waals surface area contributed by atoms with Crippen LogP contribution in [0.1, 0.15) is 20.7 Å². The van der Waals surface area contributed by atoms with Crippen LogP contribution in [0.5, 0.6) is 11.5 Å². The molecule has 0 heterocycles. The minimum atomic E-state index is -7.51. The van der Waals surface area contributed by atoms with Crippen LogP contribution < -0.4 is 9.47 Å². The molecule has 0 saturated carbocycles. The van der Waals surface area contributed by atoms with E-state index in [1.807, 2.05) is 9.47 Å². The quantitative estimate of drug-likeness (QED) is 0.143. The van der Waals surface area contributed by atoms with Crippen molar-refractivity contribution in [1.29, 1.82) is 0 Å². The van der Waals surface area contributed by atoms with Crippen molar-refractivity contribution < 1.29 is 127 Å². The van der Waals surface area contributed by atoms with Gasteiger partial charge in [0.2, 0.25) is 0 Å². The summed E-state index contributed by atoms with van der Waals surface area (Å²) in [5.74, 6) is -25.9. The summed E-state index contributed by atoms with van der Waals surface area (Å²) in [6.45, 7) is 0. The second kappa shape index (κ2) is 12.3. The molecule has 278 valence electrons. The number of benzene rings is 1. The highest BCUT2D eigenvalue weighted by atomic mass is 35.5.